The molecule has 2 aromatic rings. The van der Waals surface area contributed by atoms with Gasteiger partial charge in [0.25, 0.3) is 0 Å². The lowest BCUT2D eigenvalue weighted by atomic mass is 9.54. The molecule has 1 aromatic carbocycles. The summed E-state index contributed by atoms with van der Waals surface area (Å²) in [6, 6.07) is 5.60. The second kappa shape index (κ2) is 6.81. The number of H-pyrrole nitrogens is 1. The maximum Gasteiger partial charge on any atom is 0.338 e. The van der Waals surface area contributed by atoms with E-state index < -0.39 is 0 Å². The van der Waals surface area contributed by atoms with Crippen molar-refractivity contribution in [3.8, 4) is 0 Å². The molecule has 0 unspecified atom stereocenters. The molecular weight excluding hydrogens is 312 g/mol. The summed E-state index contributed by atoms with van der Waals surface area (Å²) in [5.74, 6) is 0.852. The first-order chi connectivity index (χ1) is 12.0. The van der Waals surface area contributed by atoms with E-state index in [1.54, 1.807) is 6.07 Å². The van der Waals surface area contributed by atoms with Gasteiger partial charge in [-0.2, -0.15) is 0 Å². The number of ether oxygens (including phenoxy) is 1. The van der Waals surface area contributed by atoms with Crippen LogP contribution in [-0.4, -0.2) is 22.5 Å². The van der Waals surface area contributed by atoms with E-state index in [1.165, 1.54) is 38.5 Å². The van der Waals surface area contributed by atoms with Gasteiger partial charge in [0.1, 0.15) is 5.82 Å². The molecule has 0 atom stereocenters. The summed E-state index contributed by atoms with van der Waals surface area (Å²) in [5.41, 5.74) is 3.26. The van der Waals surface area contributed by atoms with Crippen molar-refractivity contribution in [2.75, 3.05) is 6.61 Å². The van der Waals surface area contributed by atoms with Crippen LogP contribution in [-0.2, 0) is 10.2 Å². The summed E-state index contributed by atoms with van der Waals surface area (Å²) in [5, 5.41) is 0. The largest absolute Gasteiger partial charge is 0.462 e. The van der Waals surface area contributed by atoms with Crippen molar-refractivity contribution >= 4 is 17.0 Å². The summed E-state index contributed by atoms with van der Waals surface area (Å²) in [4.78, 5) is 20.3. The zero-order valence-electron chi connectivity index (χ0n) is 15.9. The number of nitrogens with one attached hydrogen (secondary N) is 1. The molecule has 136 valence electrons. The highest BCUT2D eigenvalue weighted by atomic mass is 16.5. The molecule has 1 N–H and O–H groups in total. The van der Waals surface area contributed by atoms with Gasteiger partial charge in [-0.05, 0) is 69.1 Å². The first-order valence-corrected chi connectivity index (χ1v) is 9.71. The Morgan fingerprint density at radius 2 is 1.80 bits per heavy atom. The van der Waals surface area contributed by atoms with E-state index in [0.717, 1.165) is 16.9 Å². The molecule has 3 saturated carbocycles. The van der Waals surface area contributed by atoms with Gasteiger partial charge in [0, 0.05) is 5.41 Å². The van der Waals surface area contributed by atoms with E-state index in [9.17, 15) is 4.79 Å². The minimum Gasteiger partial charge on any atom is -0.462 e. The van der Waals surface area contributed by atoms with Crippen molar-refractivity contribution in [1.29, 1.82) is 0 Å². The molecule has 3 fully saturated rings. The summed E-state index contributed by atoms with van der Waals surface area (Å²) >= 11 is 0. The monoisotopic (exact) mass is 342 g/mol. The summed E-state index contributed by atoms with van der Waals surface area (Å²) in [6.45, 7) is 8.65. The van der Waals surface area contributed by atoms with Gasteiger partial charge in [-0.25, -0.2) is 9.78 Å². The lowest BCUT2D eigenvalue weighted by Crippen LogP contribution is -2.43. The molecule has 4 nitrogen and oxygen atoms in total. The minimum atomic E-state index is -0.269. The van der Waals surface area contributed by atoms with Crippen LogP contribution in [0.4, 0.5) is 0 Å². The molecule has 0 saturated heterocycles. The number of hydrogen-bond donors (Lipinski definition) is 1. The van der Waals surface area contributed by atoms with Crippen molar-refractivity contribution < 1.29 is 9.53 Å². The van der Waals surface area contributed by atoms with Crippen LogP contribution in [0, 0.1) is 5.41 Å². The highest BCUT2D eigenvalue weighted by molar-refractivity contribution is 5.93. The molecule has 1 aromatic heterocycles. The molecule has 3 aliphatic rings. The number of carbonyl (C=O) groups excluding carboxylic acids is 1. The average Bonchev–Trinajstić information content (AvgIpc) is 3.08. The van der Waals surface area contributed by atoms with Gasteiger partial charge in [0.15, 0.2) is 0 Å². The number of carbonyl (C=O) groups is 1. The van der Waals surface area contributed by atoms with E-state index in [2.05, 4.69) is 11.9 Å². The number of hydrogen-bond acceptors (Lipinski definition) is 3. The maximum atomic E-state index is 11.9. The number of fused-ring (bicyclic) bond motifs is 4. The molecule has 5 rings (SSSR count). The Hall–Kier alpha value is -1.84. The van der Waals surface area contributed by atoms with Gasteiger partial charge in [0.05, 0.1) is 23.2 Å². The van der Waals surface area contributed by atoms with Crippen LogP contribution in [0.2, 0.25) is 0 Å². The van der Waals surface area contributed by atoms with E-state index >= 15 is 0 Å². The Labute approximate surface area is 150 Å². The fourth-order valence-electron chi connectivity index (χ4n) is 4.33. The molecule has 3 aliphatic carbocycles. The van der Waals surface area contributed by atoms with Crippen molar-refractivity contribution in [2.24, 2.45) is 5.41 Å². The molecule has 0 spiro atoms. The second-order valence-corrected chi connectivity index (χ2v) is 7.63. The molecule has 0 aliphatic heterocycles. The number of benzene rings is 1. The molecule has 0 radical (unpaired) electrons. The van der Waals surface area contributed by atoms with E-state index in [-0.39, 0.29) is 11.4 Å². The molecular formula is C21H30N2O2. The first-order valence-electron chi connectivity index (χ1n) is 9.71. The molecule has 1 heterocycles. The molecule has 0 amide bonds. The van der Waals surface area contributed by atoms with Gasteiger partial charge in [-0.1, -0.05) is 20.8 Å². The van der Waals surface area contributed by atoms with Crippen LogP contribution in [0.15, 0.2) is 18.2 Å². The Morgan fingerprint density at radius 1 is 1.16 bits per heavy atom. The van der Waals surface area contributed by atoms with Crippen molar-refractivity contribution in [3.63, 3.8) is 0 Å². The third kappa shape index (κ3) is 3.19. The van der Waals surface area contributed by atoms with Crippen molar-refractivity contribution in [3.05, 3.63) is 29.6 Å². The fraction of sp³-hybridized carbons (Fsp3) is 0.619. The maximum absolute atomic E-state index is 11.9. The second-order valence-electron chi connectivity index (χ2n) is 7.63. The van der Waals surface area contributed by atoms with E-state index in [4.69, 9.17) is 9.72 Å². The zero-order valence-corrected chi connectivity index (χ0v) is 15.9. The van der Waals surface area contributed by atoms with E-state index in [1.807, 2.05) is 32.9 Å². The number of aromatic nitrogens is 2. The quantitative estimate of drug-likeness (QED) is 0.762. The predicted octanol–water partition coefficient (Wildman–Crippen LogP) is 5.38. The van der Waals surface area contributed by atoms with Gasteiger partial charge in [-0.3, -0.25) is 0 Å². The third-order valence-corrected chi connectivity index (χ3v) is 6.12. The van der Waals surface area contributed by atoms with Crippen LogP contribution in [0.1, 0.15) is 82.4 Å². The Morgan fingerprint density at radius 3 is 2.40 bits per heavy atom. The van der Waals surface area contributed by atoms with Gasteiger partial charge < -0.3 is 9.72 Å². The molecule has 2 bridgehead atoms. The van der Waals surface area contributed by atoms with Crippen LogP contribution in [0.3, 0.4) is 0 Å². The highest BCUT2D eigenvalue weighted by Gasteiger charge is 2.48. The highest BCUT2D eigenvalue weighted by Crippen LogP contribution is 2.56. The lowest BCUT2D eigenvalue weighted by Gasteiger charge is -2.51. The van der Waals surface area contributed by atoms with Crippen molar-refractivity contribution in [1.82, 2.24) is 9.97 Å². The minimum absolute atomic E-state index is 0.223. The summed E-state index contributed by atoms with van der Waals surface area (Å²) in [6.07, 6.45) is 7.60. The fourth-order valence-corrected chi connectivity index (χ4v) is 4.33. The molecule has 25 heavy (non-hydrogen) atoms. The smallest absolute Gasteiger partial charge is 0.338 e. The van der Waals surface area contributed by atoms with Crippen LogP contribution < -0.4 is 0 Å². The standard InChI is InChI=1S/C19H24N2O2.C2H6/c1-3-23-16(22)13-4-5-14-15(12-13)21-17(20-14)19-9-6-18(2,7-10-19)8-11-19;1-2/h4-5,12H,3,6-11H2,1-2H3,(H,20,21);1-2H3. The Kier molecular flexibility index (Phi) is 4.90. The number of nitrogens with zero attached hydrogens (tertiary/aromatic N) is 1. The zero-order chi connectivity index (χ0) is 18.1. The topological polar surface area (TPSA) is 55.0 Å². The first kappa shape index (κ1) is 18.0. The lowest BCUT2D eigenvalue weighted by molar-refractivity contribution is 0.0513. The summed E-state index contributed by atoms with van der Waals surface area (Å²) in [7, 11) is 0. The van der Waals surface area contributed by atoms with Crippen LogP contribution in [0.25, 0.3) is 11.0 Å². The predicted molar refractivity (Wildman–Crippen MR) is 101 cm³/mol. The van der Waals surface area contributed by atoms with Crippen LogP contribution >= 0.6 is 0 Å². The number of imidazole rings is 1. The normalized spacial score (nSPS) is 27.7. The Bertz CT molecular complexity index is 738. The number of aromatic amines is 1. The van der Waals surface area contributed by atoms with Crippen molar-refractivity contribution in [2.45, 2.75) is 71.6 Å². The van der Waals surface area contributed by atoms with E-state index in [0.29, 0.717) is 17.6 Å². The Balaban J connectivity index is 0.000000880. The summed E-state index contributed by atoms with van der Waals surface area (Å²) < 4.78 is 5.09. The number of esters is 1. The van der Waals surface area contributed by atoms with Gasteiger partial charge in [0.2, 0.25) is 0 Å². The third-order valence-electron chi connectivity index (χ3n) is 6.12. The molecule has 4 heteroatoms. The van der Waals surface area contributed by atoms with Gasteiger partial charge >= 0.3 is 5.97 Å². The van der Waals surface area contributed by atoms with Gasteiger partial charge in [-0.15, -0.1) is 0 Å². The number of rotatable bonds is 3. The SMILES string of the molecule is CC.CCOC(=O)c1ccc2nc(C34CCC(C)(CC3)CC4)[nH]c2c1. The average molecular weight is 342 g/mol. The van der Waals surface area contributed by atoms with Crippen LogP contribution in [0.5, 0.6) is 0 Å².